The first-order valence-corrected chi connectivity index (χ1v) is 9.56. The molecule has 9 heteroatoms. The van der Waals surface area contributed by atoms with Crippen molar-refractivity contribution in [3.8, 4) is 11.5 Å². The van der Waals surface area contributed by atoms with Gasteiger partial charge in [-0.3, -0.25) is 10.1 Å². The van der Waals surface area contributed by atoms with Crippen LogP contribution in [0.5, 0.6) is 11.5 Å². The van der Waals surface area contributed by atoms with Crippen molar-refractivity contribution in [2.75, 3.05) is 12.4 Å². The molecule has 1 amide bonds. The van der Waals surface area contributed by atoms with E-state index in [9.17, 15) is 4.79 Å². The molecule has 4 rings (SSSR count). The van der Waals surface area contributed by atoms with Crippen molar-refractivity contribution < 1.29 is 18.7 Å². The zero-order valence-corrected chi connectivity index (χ0v) is 15.7. The SMILES string of the molecule is COc1ccc2oc(C(=O)Nc3nn[nH]n3)c(OC3CCCCCCC3)c2c1. The number of rotatable bonds is 5. The zero-order valence-electron chi connectivity index (χ0n) is 15.7. The lowest BCUT2D eigenvalue weighted by Gasteiger charge is -2.21. The van der Waals surface area contributed by atoms with Crippen LogP contribution < -0.4 is 14.8 Å². The van der Waals surface area contributed by atoms with E-state index >= 15 is 0 Å². The number of amides is 1. The molecule has 0 atom stereocenters. The maximum atomic E-state index is 12.8. The number of aromatic amines is 1. The summed E-state index contributed by atoms with van der Waals surface area (Å²) in [6.45, 7) is 0. The van der Waals surface area contributed by atoms with E-state index in [0.29, 0.717) is 22.5 Å². The summed E-state index contributed by atoms with van der Waals surface area (Å²) in [6, 6.07) is 5.37. The molecule has 2 N–H and O–H groups in total. The smallest absolute Gasteiger partial charge is 0.297 e. The second-order valence-corrected chi connectivity index (χ2v) is 6.90. The summed E-state index contributed by atoms with van der Waals surface area (Å²) in [5.41, 5.74) is 0.555. The van der Waals surface area contributed by atoms with Crippen LogP contribution in [0.3, 0.4) is 0 Å². The number of hydrogen-bond donors (Lipinski definition) is 2. The second-order valence-electron chi connectivity index (χ2n) is 6.90. The normalized spacial score (nSPS) is 15.8. The number of hydrogen-bond acceptors (Lipinski definition) is 7. The first-order chi connectivity index (χ1) is 13.7. The van der Waals surface area contributed by atoms with Crippen LogP contribution in [0.1, 0.15) is 55.5 Å². The summed E-state index contributed by atoms with van der Waals surface area (Å²) in [7, 11) is 1.60. The fourth-order valence-corrected chi connectivity index (χ4v) is 3.52. The minimum atomic E-state index is -0.489. The summed E-state index contributed by atoms with van der Waals surface area (Å²) in [5, 5.41) is 16.5. The first kappa shape index (κ1) is 18.3. The average Bonchev–Trinajstić information content (AvgIpc) is 3.31. The highest BCUT2D eigenvalue weighted by atomic mass is 16.5. The van der Waals surface area contributed by atoms with Crippen LogP contribution in [0, 0.1) is 0 Å². The van der Waals surface area contributed by atoms with Crippen molar-refractivity contribution in [1.29, 1.82) is 0 Å². The number of benzene rings is 1. The van der Waals surface area contributed by atoms with Crippen molar-refractivity contribution >= 4 is 22.8 Å². The molecule has 1 aliphatic carbocycles. The van der Waals surface area contributed by atoms with Crippen molar-refractivity contribution in [3.05, 3.63) is 24.0 Å². The number of ether oxygens (including phenoxy) is 2. The lowest BCUT2D eigenvalue weighted by molar-refractivity contribution is 0.0983. The third-order valence-electron chi connectivity index (χ3n) is 4.96. The summed E-state index contributed by atoms with van der Waals surface area (Å²) in [6.07, 6.45) is 7.91. The maximum absolute atomic E-state index is 12.8. The molecule has 148 valence electrons. The van der Waals surface area contributed by atoms with Crippen LogP contribution >= 0.6 is 0 Å². The summed E-state index contributed by atoms with van der Waals surface area (Å²) in [5.74, 6) is 0.772. The van der Waals surface area contributed by atoms with E-state index in [0.717, 1.165) is 25.7 Å². The van der Waals surface area contributed by atoms with Crippen molar-refractivity contribution in [3.63, 3.8) is 0 Å². The van der Waals surface area contributed by atoms with Gasteiger partial charge in [0, 0.05) is 0 Å². The Bertz CT molecular complexity index is 929. The molecule has 0 aliphatic heterocycles. The number of nitrogens with one attached hydrogen (secondary N) is 2. The van der Waals surface area contributed by atoms with Gasteiger partial charge >= 0.3 is 0 Å². The molecule has 28 heavy (non-hydrogen) atoms. The number of nitrogens with zero attached hydrogens (tertiary/aromatic N) is 3. The van der Waals surface area contributed by atoms with Crippen molar-refractivity contribution in [1.82, 2.24) is 20.6 Å². The van der Waals surface area contributed by atoms with Gasteiger partial charge in [-0.15, -0.1) is 5.10 Å². The molecule has 0 spiro atoms. The van der Waals surface area contributed by atoms with Crippen molar-refractivity contribution in [2.45, 2.75) is 51.0 Å². The number of fused-ring (bicyclic) bond motifs is 1. The number of anilines is 1. The number of H-pyrrole nitrogens is 1. The van der Waals surface area contributed by atoms with Gasteiger partial charge in [0.15, 0.2) is 5.75 Å². The summed E-state index contributed by atoms with van der Waals surface area (Å²) >= 11 is 0. The molecule has 2 aromatic heterocycles. The molecular weight excluding hydrogens is 362 g/mol. The number of furan rings is 1. The Hall–Kier alpha value is -3.10. The maximum Gasteiger partial charge on any atom is 0.297 e. The molecule has 1 aliphatic rings. The van der Waals surface area contributed by atoms with E-state index in [4.69, 9.17) is 13.9 Å². The van der Waals surface area contributed by atoms with E-state index in [2.05, 4.69) is 25.9 Å². The second kappa shape index (κ2) is 8.28. The fraction of sp³-hybridized carbons (Fsp3) is 0.474. The number of aromatic nitrogens is 4. The Labute approximate surface area is 161 Å². The Morgan fingerprint density at radius 2 is 2.00 bits per heavy atom. The Kier molecular flexibility index (Phi) is 5.41. The molecule has 1 aromatic carbocycles. The minimum Gasteiger partial charge on any atom is -0.497 e. The quantitative estimate of drug-likeness (QED) is 0.688. The predicted octanol–water partition coefficient (Wildman–Crippen LogP) is 3.70. The standard InChI is InChI=1S/C19H23N5O4/c1-26-13-9-10-15-14(11-13)16(27-12-7-5-3-2-4-6-8-12)17(28-15)18(25)20-19-21-23-24-22-19/h9-12H,2-8H2,1H3,(H2,20,21,22,23,24,25). The van der Waals surface area contributed by atoms with Crippen LogP contribution in [0.2, 0.25) is 0 Å². The Balaban J connectivity index is 1.68. The molecule has 2 heterocycles. The predicted molar refractivity (Wildman–Crippen MR) is 102 cm³/mol. The van der Waals surface area contributed by atoms with Gasteiger partial charge in [0.05, 0.1) is 18.6 Å². The molecule has 9 nitrogen and oxygen atoms in total. The van der Waals surface area contributed by atoms with Crippen LogP contribution in [-0.2, 0) is 0 Å². The van der Waals surface area contributed by atoms with Gasteiger partial charge in [-0.1, -0.05) is 24.4 Å². The third kappa shape index (κ3) is 3.92. The zero-order chi connectivity index (χ0) is 19.3. The molecule has 1 saturated carbocycles. The van der Waals surface area contributed by atoms with E-state index in [1.165, 1.54) is 19.3 Å². The molecule has 3 aromatic rings. The van der Waals surface area contributed by atoms with Gasteiger partial charge < -0.3 is 13.9 Å². The topological polar surface area (TPSA) is 115 Å². The van der Waals surface area contributed by atoms with Gasteiger partial charge in [0.2, 0.25) is 5.76 Å². The fourth-order valence-electron chi connectivity index (χ4n) is 3.52. The van der Waals surface area contributed by atoms with E-state index in [1.54, 1.807) is 19.2 Å². The van der Waals surface area contributed by atoms with E-state index < -0.39 is 5.91 Å². The lowest BCUT2D eigenvalue weighted by atomic mass is 9.98. The molecule has 1 fully saturated rings. The van der Waals surface area contributed by atoms with Crippen LogP contribution in [0.25, 0.3) is 11.0 Å². The van der Waals surface area contributed by atoms with Gasteiger partial charge in [-0.25, -0.2) is 0 Å². The molecular formula is C19H23N5O4. The molecule has 0 unspecified atom stereocenters. The van der Waals surface area contributed by atoms with Crippen molar-refractivity contribution in [2.24, 2.45) is 0 Å². The number of carbonyl (C=O) groups excluding carboxylic acids is 1. The van der Waals surface area contributed by atoms with E-state index in [1.807, 2.05) is 6.07 Å². The monoisotopic (exact) mass is 385 g/mol. The highest BCUT2D eigenvalue weighted by Crippen LogP contribution is 2.37. The van der Waals surface area contributed by atoms with Crippen LogP contribution in [0.4, 0.5) is 5.95 Å². The summed E-state index contributed by atoms with van der Waals surface area (Å²) < 4.78 is 17.5. The van der Waals surface area contributed by atoms with Crippen LogP contribution in [0.15, 0.2) is 22.6 Å². The number of methoxy groups -OCH3 is 1. The molecule has 0 bridgehead atoms. The summed E-state index contributed by atoms with van der Waals surface area (Å²) in [4.78, 5) is 12.8. The Morgan fingerprint density at radius 3 is 2.71 bits per heavy atom. The largest absolute Gasteiger partial charge is 0.497 e. The van der Waals surface area contributed by atoms with E-state index in [-0.39, 0.29) is 17.8 Å². The highest BCUT2D eigenvalue weighted by molar-refractivity contribution is 6.07. The number of carbonyl (C=O) groups is 1. The van der Waals surface area contributed by atoms with Gasteiger partial charge in [-0.05, 0) is 49.1 Å². The average molecular weight is 385 g/mol. The Morgan fingerprint density at radius 1 is 1.21 bits per heavy atom. The van der Waals surface area contributed by atoms with Crippen LogP contribution in [-0.4, -0.2) is 39.7 Å². The molecule has 0 radical (unpaired) electrons. The minimum absolute atomic E-state index is 0.0454. The number of tetrazole rings is 1. The lowest BCUT2D eigenvalue weighted by Crippen LogP contribution is -2.20. The van der Waals surface area contributed by atoms with Gasteiger partial charge in [0.25, 0.3) is 11.9 Å². The molecule has 0 saturated heterocycles. The third-order valence-corrected chi connectivity index (χ3v) is 4.96. The van der Waals surface area contributed by atoms with Gasteiger partial charge in [-0.2, -0.15) is 5.21 Å². The first-order valence-electron chi connectivity index (χ1n) is 9.56. The highest BCUT2D eigenvalue weighted by Gasteiger charge is 2.26. The van der Waals surface area contributed by atoms with Gasteiger partial charge in [0.1, 0.15) is 11.3 Å².